The van der Waals surface area contributed by atoms with Crippen LogP contribution in [0, 0.1) is 5.41 Å². The molecule has 0 aliphatic carbocycles. The van der Waals surface area contributed by atoms with Crippen LogP contribution in [0.25, 0.3) is 0 Å². The lowest BCUT2D eigenvalue weighted by Crippen LogP contribution is -2.52. The summed E-state index contributed by atoms with van der Waals surface area (Å²) >= 11 is 0. The number of likely N-dealkylation sites (tertiary alicyclic amines) is 2. The molecule has 2 fully saturated rings. The van der Waals surface area contributed by atoms with E-state index in [0.717, 1.165) is 38.8 Å². The highest BCUT2D eigenvalue weighted by Crippen LogP contribution is 2.30. The van der Waals surface area contributed by atoms with Gasteiger partial charge in [0.1, 0.15) is 0 Å². The molecule has 0 saturated carbocycles. The van der Waals surface area contributed by atoms with E-state index in [-0.39, 0.29) is 5.41 Å². The van der Waals surface area contributed by atoms with E-state index >= 15 is 0 Å². The maximum atomic E-state index is 12.8. The first-order valence-corrected chi connectivity index (χ1v) is 8.40. The fraction of sp³-hybridized carbons (Fsp3) is 0.938. The molecule has 4 nitrogen and oxygen atoms in total. The zero-order valence-corrected chi connectivity index (χ0v) is 13.2. The zero-order valence-electron chi connectivity index (χ0n) is 13.2. The molecular weight excluding hydrogens is 250 g/mol. The van der Waals surface area contributed by atoms with E-state index < -0.39 is 0 Å². The summed E-state index contributed by atoms with van der Waals surface area (Å²) in [5, 5.41) is 0. The van der Waals surface area contributed by atoms with Crippen molar-refractivity contribution in [2.45, 2.75) is 58.4 Å². The molecule has 1 amide bonds. The first-order chi connectivity index (χ1) is 9.66. The zero-order chi connectivity index (χ0) is 14.6. The van der Waals surface area contributed by atoms with Crippen molar-refractivity contribution in [1.29, 1.82) is 0 Å². The highest BCUT2D eigenvalue weighted by molar-refractivity contribution is 5.83. The van der Waals surface area contributed by atoms with Crippen LogP contribution in [0.1, 0.15) is 52.4 Å². The third-order valence-corrected chi connectivity index (χ3v) is 5.61. The van der Waals surface area contributed by atoms with Gasteiger partial charge in [-0.2, -0.15) is 0 Å². The van der Waals surface area contributed by atoms with Gasteiger partial charge in [-0.25, -0.2) is 0 Å². The summed E-state index contributed by atoms with van der Waals surface area (Å²) in [6.07, 6.45) is 6.68. The number of rotatable bonds is 5. The Labute approximate surface area is 123 Å². The van der Waals surface area contributed by atoms with Crippen LogP contribution in [0.15, 0.2) is 0 Å². The molecule has 2 aliphatic rings. The number of amides is 1. The van der Waals surface area contributed by atoms with Gasteiger partial charge >= 0.3 is 0 Å². The highest BCUT2D eigenvalue weighted by Gasteiger charge is 2.38. The van der Waals surface area contributed by atoms with Gasteiger partial charge in [-0.3, -0.25) is 4.79 Å². The van der Waals surface area contributed by atoms with Crippen molar-refractivity contribution in [3.05, 3.63) is 0 Å². The van der Waals surface area contributed by atoms with Gasteiger partial charge in [0.25, 0.3) is 0 Å². The van der Waals surface area contributed by atoms with E-state index in [4.69, 9.17) is 5.73 Å². The minimum Gasteiger partial charge on any atom is -0.342 e. The Bertz CT molecular complexity index is 305. The van der Waals surface area contributed by atoms with Gasteiger partial charge in [0.05, 0.1) is 5.41 Å². The van der Waals surface area contributed by atoms with E-state index in [1.807, 2.05) is 0 Å². The van der Waals surface area contributed by atoms with Crippen molar-refractivity contribution in [1.82, 2.24) is 9.80 Å². The lowest BCUT2D eigenvalue weighted by atomic mass is 9.80. The van der Waals surface area contributed by atoms with E-state index in [9.17, 15) is 4.79 Å². The van der Waals surface area contributed by atoms with Gasteiger partial charge in [-0.1, -0.05) is 13.8 Å². The van der Waals surface area contributed by atoms with Crippen molar-refractivity contribution in [3.63, 3.8) is 0 Å². The van der Waals surface area contributed by atoms with Gasteiger partial charge in [-0.05, 0) is 51.6 Å². The quantitative estimate of drug-likeness (QED) is 0.836. The number of piperidine rings is 1. The number of hydrogen-bond acceptors (Lipinski definition) is 3. The SMILES string of the molecule is CCC(CC)(CN)C(=O)N1CCC(N2CCCC2)CC1. The van der Waals surface area contributed by atoms with Gasteiger partial charge in [0.2, 0.25) is 5.91 Å². The Morgan fingerprint density at radius 3 is 2.10 bits per heavy atom. The van der Waals surface area contributed by atoms with Crippen LogP contribution >= 0.6 is 0 Å². The van der Waals surface area contributed by atoms with Crippen LogP contribution < -0.4 is 5.73 Å². The van der Waals surface area contributed by atoms with Crippen LogP contribution in [0.5, 0.6) is 0 Å². The molecule has 20 heavy (non-hydrogen) atoms. The fourth-order valence-corrected chi connectivity index (χ4v) is 3.80. The van der Waals surface area contributed by atoms with Crippen LogP contribution in [0.3, 0.4) is 0 Å². The third kappa shape index (κ3) is 3.01. The molecule has 0 spiro atoms. The van der Waals surface area contributed by atoms with E-state index in [1.54, 1.807) is 0 Å². The third-order valence-electron chi connectivity index (χ3n) is 5.61. The average Bonchev–Trinajstić information content (AvgIpc) is 3.04. The number of carbonyl (C=O) groups excluding carboxylic acids is 1. The minimum atomic E-state index is -0.319. The predicted octanol–water partition coefficient (Wildman–Crippen LogP) is 1.84. The Morgan fingerprint density at radius 2 is 1.65 bits per heavy atom. The smallest absolute Gasteiger partial charge is 0.230 e. The summed E-state index contributed by atoms with van der Waals surface area (Å²) in [6.45, 7) is 9.01. The molecule has 0 unspecified atom stereocenters. The maximum Gasteiger partial charge on any atom is 0.230 e. The summed E-state index contributed by atoms with van der Waals surface area (Å²) < 4.78 is 0. The Balaban J connectivity index is 1.90. The second kappa shape index (κ2) is 6.90. The summed E-state index contributed by atoms with van der Waals surface area (Å²) in [6, 6.07) is 0.706. The maximum absolute atomic E-state index is 12.8. The van der Waals surface area contributed by atoms with Crippen LogP contribution in [0.2, 0.25) is 0 Å². The number of hydrogen-bond donors (Lipinski definition) is 1. The Kier molecular flexibility index (Phi) is 5.44. The molecule has 0 aromatic rings. The van der Waals surface area contributed by atoms with E-state index in [0.29, 0.717) is 18.5 Å². The molecule has 2 rings (SSSR count). The molecular formula is C16H31N3O. The van der Waals surface area contributed by atoms with Crippen molar-refractivity contribution in [2.75, 3.05) is 32.7 Å². The van der Waals surface area contributed by atoms with Crippen molar-refractivity contribution >= 4 is 5.91 Å². The van der Waals surface area contributed by atoms with Gasteiger partial charge in [0, 0.05) is 25.7 Å². The fourth-order valence-electron chi connectivity index (χ4n) is 3.80. The molecule has 116 valence electrons. The normalized spacial score (nSPS) is 22.4. The van der Waals surface area contributed by atoms with Gasteiger partial charge in [-0.15, -0.1) is 0 Å². The molecule has 0 radical (unpaired) electrons. The Hall–Kier alpha value is -0.610. The van der Waals surface area contributed by atoms with Crippen molar-refractivity contribution < 1.29 is 4.79 Å². The molecule has 2 heterocycles. The Morgan fingerprint density at radius 1 is 1.10 bits per heavy atom. The first kappa shape index (κ1) is 15.8. The highest BCUT2D eigenvalue weighted by atomic mass is 16.2. The number of nitrogens with zero attached hydrogens (tertiary/aromatic N) is 2. The molecule has 2 aliphatic heterocycles. The monoisotopic (exact) mass is 281 g/mol. The molecule has 0 bridgehead atoms. The lowest BCUT2D eigenvalue weighted by molar-refractivity contribution is -0.143. The molecule has 0 aromatic carbocycles. The minimum absolute atomic E-state index is 0.296. The van der Waals surface area contributed by atoms with Gasteiger partial charge in [0.15, 0.2) is 0 Å². The lowest BCUT2D eigenvalue weighted by Gasteiger charge is -2.41. The average molecular weight is 281 g/mol. The second-order valence-corrected chi connectivity index (χ2v) is 6.46. The molecule has 4 heteroatoms. The van der Waals surface area contributed by atoms with Crippen LogP contribution in [-0.4, -0.2) is 54.5 Å². The molecule has 0 atom stereocenters. The summed E-state index contributed by atoms with van der Waals surface area (Å²) in [7, 11) is 0. The van der Waals surface area contributed by atoms with E-state index in [1.165, 1.54) is 25.9 Å². The van der Waals surface area contributed by atoms with Crippen LogP contribution in [0.4, 0.5) is 0 Å². The molecule has 2 saturated heterocycles. The number of nitrogens with two attached hydrogens (primary N) is 1. The summed E-state index contributed by atoms with van der Waals surface area (Å²) in [5.41, 5.74) is 5.59. The van der Waals surface area contributed by atoms with E-state index in [2.05, 4.69) is 23.6 Å². The summed E-state index contributed by atoms with van der Waals surface area (Å²) in [5.74, 6) is 0.296. The molecule has 0 aromatic heterocycles. The predicted molar refractivity (Wildman–Crippen MR) is 82.5 cm³/mol. The largest absolute Gasteiger partial charge is 0.342 e. The summed E-state index contributed by atoms with van der Waals surface area (Å²) in [4.78, 5) is 17.5. The van der Waals surface area contributed by atoms with Crippen LogP contribution in [-0.2, 0) is 4.79 Å². The number of carbonyl (C=O) groups is 1. The van der Waals surface area contributed by atoms with Crippen molar-refractivity contribution in [2.24, 2.45) is 11.1 Å². The topological polar surface area (TPSA) is 49.6 Å². The molecule has 2 N–H and O–H groups in total. The first-order valence-electron chi connectivity index (χ1n) is 8.40. The van der Waals surface area contributed by atoms with Crippen molar-refractivity contribution in [3.8, 4) is 0 Å². The van der Waals surface area contributed by atoms with Gasteiger partial charge < -0.3 is 15.5 Å². The standard InChI is InChI=1S/C16H31N3O/c1-3-16(4-2,13-17)15(20)19-11-7-14(8-12-19)18-9-5-6-10-18/h14H,3-13,17H2,1-2H3. The second-order valence-electron chi connectivity index (χ2n) is 6.46.